The summed E-state index contributed by atoms with van der Waals surface area (Å²) in [5.41, 5.74) is 3.63. The van der Waals surface area contributed by atoms with Gasteiger partial charge >= 0.3 is 13.6 Å². The predicted molar refractivity (Wildman–Crippen MR) is 186 cm³/mol. The lowest BCUT2D eigenvalue weighted by molar-refractivity contribution is -0.0408. The van der Waals surface area contributed by atoms with E-state index in [0.29, 0.717) is 12.2 Å². The van der Waals surface area contributed by atoms with Gasteiger partial charge in [0.25, 0.3) is 0 Å². The number of ether oxygens (including phenoxy) is 1. The average molecular weight is 673 g/mol. The molecule has 2 N–H and O–H groups in total. The van der Waals surface area contributed by atoms with Crippen LogP contribution in [0, 0.1) is 0 Å². The Morgan fingerprint density at radius 2 is 1.00 bits per heavy atom. The minimum atomic E-state index is -3.39. The van der Waals surface area contributed by atoms with Crippen molar-refractivity contribution in [3.63, 3.8) is 0 Å². The lowest BCUT2D eigenvalue weighted by atomic mass is 9.91. The van der Waals surface area contributed by atoms with Crippen molar-refractivity contribution in [2.45, 2.75) is 64.1 Å². The van der Waals surface area contributed by atoms with Gasteiger partial charge < -0.3 is 33.8 Å². The van der Waals surface area contributed by atoms with Crippen LogP contribution in [0.15, 0.2) is 115 Å². The molecule has 0 unspecified atom stereocenters. The van der Waals surface area contributed by atoms with Crippen LogP contribution >= 0.6 is 7.60 Å². The molecule has 4 aromatic rings. The van der Waals surface area contributed by atoms with Gasteiger partial charge in [0.05, 0.1) is 25.3 Å². The molecule has 1 aliphatic rings. The third-order valence-corrected chi connectivity index (χ3v) is 10.3. The van der Waals surface area contributed by atoms with E-state index in [1.807, 2.05) is 103 Å². The van der Waals surface area contributed by atoms with Gasteiger partial charge in [0.1, 0.15) is 18.0 Å². The van der Waals surface area contributed by atoms with Gasteiger partial charge in [-0.25, -0.2) is 4.79 Å². The first-order valence-electron chi connectivity index (χ1n) is 16.4. The number of urea groups is 1. The molecule has 0 saturated carbocycles. The molecule has 2 amide bonds. The fourth-order valence-corrected chi connectivity index (χ4v) is 7.46. The number of rotatable bonds is 15. The molecule has 0 radical (unpaired) electrons. The van der Waals surface area contributed by atoms with E-state index in [9.17, 15) is 19.6 Å². The molecule has 1 fully saturated rings. The van der Waals surface area contributed by atoms with E-state index in [4.69, 9.17) is 13.8 Å². The maximum absolute atomic E-state index is 14.7. The Morgan fingerprint density at radius 3 is 1.42 bits per heavy atom. The van der Waals surface area contributed by atoms with Crippen molar-refractivity contribution in [2.75, 3.05) is 19.6 Å². The predicted octanol–water partition coefficient (Wildman–Crippen LogP) is 6.67. The van der Waals surface area contributed by atoms with E-state index in [1.54, 1.807) is 35.8 Å². The topological polar surface area (TPSA) is 109 Å². The molecule has 4 aromatic carbocycles. The zero-order chi connectivity index (χ0) is 33.9. The molecule has 0 bridgehead atoms. The molecule has 48 heavy (non-hydrogen) atoms. The van der Waals surface area contributed by atoms with E-state index in [1.165, 1.54) is 0 Å². The van der Waals surface area contributed by atoms with Crippen LogP contribution in [0.2, 0.25) is 0 Å². The van der Waals surface area contributed by atoms with E-state index in [-0.39, 0.29) is 45.1 Å². The summed E-state index contributed by atoms with van der Waals surface area (Å²) in [4.78, 5) is 18.2. The number of carbonyl (C=O) groups is 1. The molecular formula is C38H45N2O7P. The number of hydrogen-bond donors (Lipinski definition) is 2. The number of aliphatic hydroxyl groups is 2. The Balaban J connectivity index is 1.46. The van der Waals surface area contributed by atoms with E-state index < -0.39 is 31.9 Å². The second-order valence-corrected chi connectivity index (χ2v) is 13.9. The lowest BCUT2D eigenvalue weighted by Gasteiger charge is -2.36. The normalized spacial score (nSPS) is 20.0. The van der Waals surface area contributed by atoms with Gasteiger partial charge in [0.15, 0.2) is 6.35 Å². The first-order valence-corrected chi connectivity index (χ1v) is 18.2. The quantitative estimate of drug-likeness (QED) is 0.136. The summed E-state index contributed by atoms with van der Waals surface area (Å²) >= 11 is 0. The Morgan fingerprint density at radius 1 is 0.604 bits per heavy atom. The number of benzene rings is 4. The molecule has 0 aromatic heterocycles. The molecule has 1 aliphatic heterocycles. The molecule has 1 saturated heterocycles. The Labute approximate surface area is 283 Å². The summed E-state index contributed by atoms with van der Waals surface area (Å²) in [6.45, 7) is 4.50. The fourth-order valence-electron chi connectivity index (χ4n) is 6.14. The zero-order valence-corrected chi connectivity index (χ0v) is 28.4. The molecule has 4 atom stereocenters. The highest BCUT2D eigenvalue weighted by atomic mass is 31.2. The highest BCUT2D eigenvalue weighted by molar-refractivity contribution is 7.53. The van der Waals surface area contributed by atoms with Gasteiger partial charge in [-0.15, -0.1) is 0 Å². The number of carbonyl (C=O) groups excluding carboxylic acids is 1. The summed E-state index contributed by atoms with van der Waals surface area (Å²) in [5, 5.41) is 23.9. The van der Waals surface area contributed by atoms with Crippen molar-refractivity contribution in [1.82, 2.24) is 9.80 Å². The van der Waals surface area contributed by atoms with Crippen LogP contribution in [0.5, 0.6) is 5.75 Å². The third kappa shape index (κ3) is 9.13. The Bertz CT molecular complexity index is 1600. The lowest BCUT2D eigenvalue weighted by Crippen LogP contribution is -2.50. The largest absolute Gasteiger partial charge is 0.481 e. The van der Waals surface area contributed by atoms with Gasteiger partial charge in [-0.2, -0.15) is 0 Å². The molecule has 9 nitrogen and oxygen atoms in total. The monoisotopic (exact) mass is 672 g/mol. The van der Waals surface area contributed by atoms with Crippen LogP contribution in [-0.2, 0) is 39.5 Å². The van der Waals surface area contributed by atoms with E-state index >= 15 is 0 Å². The van der Waals surface area contributed by atoms with Crippen molar-refractivity contribution >= 4 is 13.6 Å². The Hall–Kier alpha value is -3.98. The highest BCUT2D eigenvalue weighted by Gasteiger charge is 2.46. The minimum Gasteiger partial charge on any atom is -0.481 e. The molecule has 0 spiro atoms. The molecule has 1 heterocycles. The smallest absolute Gasteiger partial charge is 0.367 e. The maximum atomic E-state index is 14.7. The molecule has 0 aliphatic carbocycles. The highest BCUT2D eigenvalue weighted by Crippen LogP contribution is 2.47. The molecule has 5 rings (SSSR count). The fraction of sp³-hybridized carbons (Fsp3) is 0.342. The summed E-state index contributed by atoms with van der Waals surface area (Å²) in [6, 6.07) is 34.7. The second-order valence-electron chi connectivity index (χ2n) is 11.9. The van der Waals surface area contributed by atoms with Crippen LogP contribution in [0.3, 0.4) is 0 Å². The standard InChI is InChI=1S/C38H45N2O7P/c1-3-46-48(44,47-4-2)28-45-33-22-20-30(21-23-33)25-35-37(42)36(41)34(24-29-14-8-5-9-15-29)39(26-31-16-10-6-11-17-31)38(43)40(35)27-32-18-12-7-13-19-32/h5-23,34-37,41-42H,3-4,24-28H2,1-2H3/t34-,35-,36+,37+/m1/s1. The number of nitrogens with zero attached hydrogens (tertiary/aromatic N) is 2. The molecular weight excluding hydrogens is 627 g/mol. The summed E-state index contributed by atoms with van der Waals surface area (Å²) < 4.78 is 29.3. The van der Waals surface area contributed by atoms with Gasteiger partial charge in [-0.1, -0.05) is 103 Å². The SMILES string of the molecule is CCOP(=O)(COc1ccc(C[C@@H]2[C@H](O)[C@@H](O)[C@@H](Cc3ccccc3)N(Cc3ccccc3)C(=O)N2Cc2ccccc2)cc1)OCC. The van der Waals surface area contributed by atoms with Crippen LogP contribution in [0.4, 0.5) is 4.79 Å². The Kier molecular flexibility index (Phi) is 12.4. The van der Waals surface area contributed by atoms with E-state index in [2.05, 4.69) is 0 Å². The van der Waals surface area contributed by atoms with Gasteiger partial charge in [-0.3, -0.25) is 4.57 Å². The molecule has 10 heteroatoms. The molecule has 254 valence electrons. The average Bonchev–Trinajstić information content (AvgIpc) is 3.16. The first-order chi connectivity index (χ1) is 23.3. The van der Waals surface area contributed by atoms with Gasteiger partial charge in [-0.05, 0) is 61.1 Å². The van der Waals surface area contributed by atoms with Crippen LogP contribution in [-0.4, -0.2) is 69.9 Å². The van der Waals surface area contributed by atoms with Crippen molar-refractivity contribution in [3.05, 3.63) is 138 Å². The number of hydrogen-bond acceptors (Lipinski definition) is 7. The van der Waals surface area contributed by atoms with Gasteiger partial charge in [0.2, 0.25) is 0 Å². The van der Waals surface area contributed by atoms with Crippen molar-refractivity contribution in [3.8, 4) is 5.75 Å². The summed E-state index contributed by atoms with van der Waals surface area (Å²) in [6.07, 6.45) is -2.03. The second kappa shape index (κ2) is 16.9. The van der Waals surface area contributed by atoms with Crippen molar-refractivity contribution in [2.24, 2.45) is 0 Å². The third-order valence-electron chi connectivity index (χ3n) is 8.52. The summed E-state index contributed by atoms with van der Waals surface area (Å²) in [5.74, 6) is 0.481. The summed E-state index contributed by atoms with van der Waals surface area (Å²) in [7, 11) is -3.39. The van der Waals surface area contributed by atoms with Crippen molar-refractivity contribution < 1.29 is 33.4 Å². The maximum Gasteiger partial charge on any atom is 0.367 e. The van der Waals surface area contributed by atoms with Crippen LogP contribution in [0.1, 0.15) is 36.1 Å². The number of amides is 2. The number of aliphatic hydroxyl groups excluding tert-OH is 2. The van der Waals surface area contributed by atoms with E-state index in [0.717, 1.165) is 22.3 Å². The van der Waals surface area contributed by atoms with Crippen LogP contribution < -0.4 is 4.74 Å². The van der Waals surface area contributed by atoms with Crippen LogP contribution in [0.25, 0.3) is 0 Å². The first kappa shape index (κ1) is 35.3. The van der Waals surface area contributed by atoms with Crippen molar-refractivity contribution in [1.29, 1.82) is 0 Å². The minimum absolute atomic E-state index is 0.221. The van der Waals surface area contributed by atoms with Gasteiger partial charge in [0, 0.05) is 13.1 Å². The zero-order valence-electron chi connectivity index (χ0n) is 27.5.